The van der Waals surface area contributed by atoms with Gasteiger partial charge in [-0.05, 0) is 61.8 Å². The van der Waals surface area contributed by atoms with Crippen molar-refractivity contribution in [1.29, 1.82) is 0 Å². The van der Waals surface area contributed by atoms with Crippen LogP contribution in [0.5, 0.6) is 0 Å². The van der Waals surface area contributed by atoms with E-state index in [2.05, 4.69) is 10.6 Å². The first-order chi connectivity index (χ1) is 20.0. The van der Waals surface area contributed by atoms with Gasteiger partial charge in [0.05, 0.1) is 22.3 Å². The normalized spacial score (nSPS) is 15.8. The molecule has 0 aromatic heterocycles. The van der Waals surface area contributed by atoms with Crippen LogP contribution in [0.3, 0.4) is 0 Å². The molecule has 0 spiro atoms. The number of unbranched alkanes of at least 4 members (excludes halogenated alkanes) is 1. The molecule has 6 amide bonds. The molecule has 4 rings (SSSR count). The highest BCUT2D eigenvalue weighted by molar-refractivity contribution is 6.23. The average molecular weight is 575 g/mol. The Morgan fingerprint density at radius 1 is 0.571 bits per heavy atom. The third-order valence-electron chi connectivity index (χ3n) is 7.47. The summed E-state index contributed by atoms with van der Waals surface area (Å²) in [5.74, 6) is -2.51. The summed E-state index contributed by atoms with van der Waals surface area (Å²) in [4.78, 5) is 80.3. The number of fused-ring (bicyclic) bond motifs is 2. The third kappa shape index (κ3) is 6.27. The molecule has 10 nitrogen and oxygen atoms in total. The fourth-order valence-corrected chi connectivity index (χ4v) is 5.44. The standard InChI is InChI=1S/C32H38N4O6/c1-19(2)17-25(35-29(39)21-11-5-6-12-22(21)30(35)40)27(37)33-15-9-10-16-34-28(38)26(18-20(3)4)36-31(41)23-13-7-8-14-24(23)32(36)42/h5-8,11-14,19-20,25-26H,9-10,15-18H2,1-4H3,(H,33,37)(H,34,38)/t25-,26-/m0/s1. The van der Waals surface area contributed by atoms with Crippen LogP contribution in [0, 0.1) is 11.8 Å². The first kappa shape index (κ1) is 30.6. The second-order valence-corrected chi connectivity index (χ2v) is 11.6. The van der Waals surface area contributed by atoms with Crippen molar-refractivity contribution in [3.05, 3.63) is 70.8 Å². The average Bonchev–Trinajstić information content (AvgIpc) is 3.36. The number of amides is 6. The van der Waals surface area contributed by atoms with E-state index in [0.717, 1.165) is 9.80 Å². The van der Waals surface area contributed by atoms with E-state index in [9.17, 15) is 28.8 Å². The molecule has 0 fully saturated rings. The molecule has 222 valence electrons. The highest BCUT2D eigenvalue weighted by atomic mass is 16.2. The van der Waals surface area contributed by atoms with E-state index in [1.54, 1.807) is 48.5 Å². The van der Waals surface area contributed by atoms with Crippen LogP contribution >= 0.6 is 0 Å². The van der Waals surface area contributed by atoms with Crippen LogP contribution in [-0.4, -0.2) is 70.4 Å². The van der Waals surface area contributed by atoms with Crippen molar-refractivity contribution in [3.63, 3.8) is 0 Å². The lowest BCUT2D eigenvalue weighted by Gasteiger charge is -2.27. The van der Waals surface area contributed by atoms with E-state index in [4.69, 9.17) is 0 Å². The summed E-state index contributed by atoms with van der Waals surface area (Å²) in [6, 6.07) is 11.3. The number of rotatable bonds is 13. The number of benzene rings is 2. The highest BCUT2D eigenvalue weighted by Crippen LogP contribution is 2.28. The molecule has 0 radical (unpaired) electrons. The lowest BCUT2D eigenvalue weighted by atomic mass is 10.0. The second kappa shape index (κ2) is 13.1. The van der Waals surface area contributed by atoms with Crippen LogP contribution in [-0.2, 0) is 9.59 Å². The zero-order chi connectivity index (χ0) is 30.6. The maximum Gasteiger partial charge on any atom is 0.262 e. The minimum atomic E-state index is -0.923. The number of nitrogens with one attached hydrogen (secondary N) is 2. The van der Waals surface area contributed by atoms with E-state index < -0.39 is 47.5 Å². The Morgan fingerprint density at radius 2 is 0.857 bits per heavy atom. The molecule has 0 saturated heterocycles. The Balaban J connectivity index is 1.29. The first-order valence-electron chi connectivity index (χ1n) is 14.5. The molecule has 0 saturated carbocycles. The second-order valence-electron chi connectivity index (χ2n) is 11.6. The van der Waals surface area contributed by atoms with Gasteiger partial charge in [0.1, 0.15) is 12.1 Å². The molecule has 0 bridgehead atoms. The van der Waals surface area contributed by atoms with Gasteiger partial charge in [0.25, 0.3) is 23.6 Å². The maximum atomic E-state index is 13.1. The Hall–Kier alpha value is -4.34. The van der Waals surface area contributed by atoms with Gasteiger partial charge < -0.3 is 10.6 Å². The third-order valence-corrected chi connectivity index (χ3v) is 7.47. The summed E-state index contributed by atoms with van der Waals surface area (Å²) in [6.45, 7) is 8.29. The lowest BCUT2D eigenvalue weighted by Crippen LogP contribution is -2.50. The number of imide groups is 2. The molecule has 0 aliphatic carbocycles. The van der Waals surface area contributed by atoms with Crippen molar-refractivity contribution >= 4 is 35.4 Å². The van der Waals surface area contributed by atoms with E-state index in [1.807, 2.05) is 27.7 Å². The molecule has 0 unspecified atom stereocenters. The summed E-state index contributed by atoms with van der Waals surface area (Å²) in [5, 5.41) is 5.68. The van der Waals surface area contributed by atoms with Crippen molar-refractivity contribution in [1.82, 2.24) is 20.4 Å². The van der Waals surface area contributed by atoms with Crippen LogP contribution in [0.4, 0.5) is 0 Å². The van der Waals surface area contributed by atoms with Gasteiger partial charge in [0.2, 0.25) is 11.8 Å². The summed E-state index contributed by atoms with van der Waals surface area (Å²) in [7, 11) is 0. The summed E-state index contributed by atoms with van der Waals surface area (Å²) in [6.07, 6.45) is 1.74. The highest BCUT2D eigenvalue weighted by Gasteiger charge is 2.44. The SMILES string of the molecule is CC(C)C[C@@H](C(=O)NCCCCNC(=O)[C@H](CC(C)C)N1C(=O)c2ccccc2C1=O)N1C(=O)c2ccccc2C1=O. The molecule has 42 heavy (non-hydrogen) atoms. The molecule has 2 N–H and O–H groups in total. The van der Waals surface area contributed by atoms with E-state index >= 15 is 0 Å². The van der Waals surface area contributed by atoms with Crippen LogP contribution in [0.15, 0.2) is 48.5 Å². The zero-order valence-corrected chi connectivity index (χ0v) is 24.5. The number of hydrogen-bond acceptors (Lipinski definition) is 6. The van der Waals surface area contributed by atoms with Gasteiger partial charge >= 0.3 is 0 Å². The smallest absolute Gasteiger partial charge is 0.262 e. The number of hydrogen-bond donors (Lipinski definition) is 2. The van der Waals surface area contributed by atoms with Crippen LogP contribution < -0.4 is 10.6 Å². The monoisotopic (exact) mass is 574 g/mol. The predicted molar refractivity (Wildman–Crippen MR) is 156 cm³/mol. The Bertz CT molecular complexity index is 1230. The quantitative estimate of drug-likeness (QED) is 0.278. The minimum Gasteiger partial charge on any atom is -0.354 e. The molecule has 2 heterocycles. The van der Waals surface area contributed by atoms with Gasteiger partial charge in [-0.15, -0.1) is 0 Å². The van der Waals surface area contributed by atoms with Gasteiger partial charge in [0, 0.05) is 13.1 Å². The fourth-order valence-electron chi connectivity index (χ4n) is 5.44. The van der Waals surface area contributed by atoms with Gasteiger partial charge in [0.15, 0.2) is 0 Å². The van der Waals surface area contributed by atoms with E-state index in [1.165, 1.54) is 0 Å². The van der Waals surface area contributed by atoms with Gasteiger partial charge in [-0.3, -0.25) is 38.6 Å². The van der Waals surface area contributed by atoms with E-state index in [0.29, 0.717) is 61.0 Å². The molecule has 2 aromatic carbocycles. The Labute approximate surface area is 245 Å². The molecule has 10 heteroatoms. The largest absolute Gasteiger partial charge is 0.354 e. The van der Waals surface area contributed by atoms with Crippen molar-refractivity contribution in [2.24, 2.45) is 11.8 Å². The zero-order valence-electron chi connectivity index (χ0n) is 24.5. The van der Waals surface area contributed by atoms with E-state index in [-0.39, 0.29) is 11.8 Å². The Kier molecular flexibility index (Phi) is 9.55. The van der Waals surface area contributed by atoms with Crippen molar-refractivity contribution in [2.75, 3.05) is 13.1 Å². The molecule has 2 atom stereocenters. The first-order valence-corrected chi connectivity index (χ1v) is 14.5. The van der Waals surface area contributed by atoms with Crippen LogP contribution in [0.2, 0.25) is 0 Å². The molecule has 2 aromatic rings. The van der Waals surface area contributed by atoms with Crippen LogP contribution in [0.25, 0.3) is 0 Å². The van der Waals surface area contributed by atoms with Crippen molar-refractivity contribution < 1.29 is 28.8 Å². The van der Waals surface area contributed by atoms with Crippen molar-refractivity contribution in [3.8, 4) is 0 Å². The minimum absolute atomic E-state index is 0.0706. The number of carbonyl (C=O) groups is 6. The lowest BCUT2D eigenvalue weighted by molar-refractivity contribution is -0.126. The molecule has 2 aliphatic rings. The predicted octanol–water partition coefficient (Wildman–Crippen LogP) is 3.42. The molecular weight excluding hydrogens is 536 g/mol. The Morgan fingerprint density at radius 3 is 1.12 bits per heavy atom. The summed E-state index contributed by atoms with van der Waals surface area (Å²) in [5.41, 5.74) is 1.21. The number of nitrogens with zero attached hydrogens (tertiary/aromatic N) is 2. The van der Waals surface area contributed by atoms with Crippen LogP contribution in [0.1, 0.15) is 94.8 Å². The van der Waals surface area contributed by atoms with Gasteiger partial charge in [-0.1, -0.05) is 52.0 Å². The van der Waals surface area contributed by atoms with Gasteiger partial charge in [-0.25, -0.2) is 0 Å². The molecular formula is C32H38N4O6. The maximum absolute atomic E-state index is 13.1. The topological polar surface area (TPSA) is 133 Å². The molecule has 2 aliphatic heterocycles. The van der Waals surface area contributed by atoms with Gasteiger partial charge in [-0.2, -0.15) is 0 Å². The van der Waals surface area contributed by atoms with Crippen molar-refractivity contribution in [2.45, 2.75) is 65.5 Å². The fraction of sp³-hybridized carbons (Fsp3) is 0.438. The number of carbonyl (C=O) groups excluding carboxylic acids is 6. The summed E-state index contributed by atoms with van der Waals surface area (Å²) < 4.78 is 0. The summed E-state index contributed by atoms with van der Waals surface area (Å²) >= 11 is 0.